The fraction of sp³-hybridized carbons (Fsp3) is 0.364. The number of hydrogen-bond acceptors (Lipinski definition) is 3. The highest BCUT2D eigenvalue weighted by molar-refractivity contribution is 5.90. The van der Waals surface area contributed by atoms with Gasteiger partial charge < -0.3 is 15.5 Å². The molecule has 4 heteroatoms. The average Bonchev–Trinajstić information content (AvgIpc) is 2.20. The van der Waals surface area contributed by atoms with Gasteiger partial charge in [0.1, 0.15) is 5.75 Å². The minimum atomic E-state index is -0.160. The summed E-state index contributed by atoms with van der Waals surface area (Å²) in [5.41, 5.74) is 1.34. The highest BCUT2D eigenvalue weighted by atomic mass is 16.3. The van der Waals surface area contributed by atoms with Crippen LogP contribution in [0.15, 0.2) is 18.2 Å². The Hall–Kier alpha value is -1.55. The van der Waals surface area contributed by atoms with Gasteiger partial charge in [0, 0.05) is 24.8 Å². The number of aromatic hydroxyl groups is 1. The molecule has 1 aromatic carbocycles. The number of aryl methyl sites for hydroxylation is 1. The van der Waals surface area contributed by atoms with Gasteiger partial charge in [-0.2, -0.15) is 0 Å². The van der Waals surface area contributed by atoms with Crippen LogP contribution < -0.4 is 5.32 Å². The van der Waals surface area contributed by atoms with Crippen LogP contribution in [0.1, 0.15) is 18.4 Å². The molecule has 1 aromatic rings. The minimum absolute atomic E-state index is 0.00652. The van der Waals surface area contributed by atoms with E-state index in [9.17, 15) is 9.90 Å². The number of hydrogen-bond donors (Lipinski definition) is 3. The molecule has 0 aliphatic carbocycles. The number of phenolic OH excluding ortho intramolecular Hbond substituents is 1. The van der Waals surface area contributed by atoms with E-state index in [0.29, 0.717) is 12.1 Å². The summed E-state index contributed by atoms with van der Waals surface area (Å²) in [6.45, 7) is 1.79. The van der Waals surface area contributed by atoms with Gasteiger partial charge in [-0.25, -0.2) is 0 Å². The Balaban J connectivity index is 2.57. The maximum atomic E-state index is 11.3. The number of nitrogens with one attached hydrogen (secondary N) is 1. The summed E-state index contributed by atoms with van der Waals surface area (Å²) in [6, 6.07) is 4.97. The zero-order chi connectivity index (χ0) is 11.3. The second kappa shape index (κ2) is 5.36. The van der Waals surface area contributed by atoms with E-state index in [-0.39, 0.29) is 24.7 Å². The molecule has 0 aromatic heterocycles. The van der Waals surface area contributed by atoms with Crippen molar-refractivity contribution in [3.05, 3.63) is 23.8 Å². The van der Waals surface area contributed by atoms with E-state index < -0.39 is 0 Å². The lowest BCUT2D eigenvalue weighted by Crippen LogP contribution is -2.11. The molecule has 0 aliphatic heterocycles. The normalized spacial score (nSPS) is 10.0. The first-order valence-electron chi connectivity index (χ1n) is 4.84. The molecule has 0 spiro atoms. The molecule has 0 atom stereocenters. The third-order valence-electron chi connectivity index (χ3n) is 2.05. The summed E-state index contributed by atoms with van der Waals surface area (Å²) in [5.74, 6) is 0.00209. The Bertz CT molecular complexity index is 350. The van der Waals surface area contributed by atoms with Crippen LogP contribution in [0.3, 0.4) is 0 Å². The zero-order valence-corrected chi connectivity index (χ0v) is 8.66. The monoisotopic (exact) mass is 209 g/mol. The molecular weight excluding hydrogens is 194 g/mol. The lowest BCUT2D eigenvalue weighted by molar-refractivity contribution is -0.116. The largest absolute Gasteiger partial charge is 0.508 e. The molecule has 0 radical (unpaired) electrons. The van der Waals surface area contributed by atoms with Gasteiger partial charge in [-0.05, 0) is 25.0 Å². The molecule has 0 unspecified atom stereocenters. The number of anilines is 1. The van der Waals surface area contributed by atoms with Gasteiger partial charge in [0.2, 0.25) is 5.91 Å². The molecule has 3 N–H and O–H groups in total. The topological polar surface area (TPSA) is 69.6 Å². The number of aliphatic hydroxyl groups excluding tert-OH is 1. The molecule has 0 fully saturated rings. The standard InChI is InChI=1S/C11H15NO3/c1-8-4-5-9(7-10(8)14)12-11(15)3-2-6-13/h4-5,7,13-14H,2-3,6H2,1H3,(H,12,15). The fourth-order valence-corrected chi connectivity index (χ4v) is 1.15. The number of phenols is 1. The van der Waals surface area contributed by atoms with E-state index in [0.717, 1.165) is 5.56 Å². The van der Waals surface area contributed by atoms with Crippen LogP contribution in [-0.4, -0.2) is 22.7 Å². The molecule has 15 heavy (non-hydrogen) atoms. The Morgan fingerprint density at radius 3 is 2.80 bits per heavy atom. The van der Waals surface area contributed by atoms with Crippen molar-refractivity contribution in [2.45, 2.75) is 19.8 Å². The van der Waals surface area contributed by atoms with Crippen molar-refractivity contribution < 1.29 is 15.0 Å². The zero-order valence-electron chi connectivity index (χ0n) is 8.66. The van der Waals surface area contributed by atoms with E-state index in [1.54, 1.807) is 19.1 Å². The van der Waals surface area contributed by atoms with Crippen molar-refractivity contribution in [2.75, 3.05) is 11.9 Å². The molecule has 82 valence electrons. The van der Waals surface area contributed by atoms with Crippen molar-refractivity contribution >= 4 is 11.6 Å². The number of carbonyl (C=O) groups excluding carboxylic acids is 1. The van der Waals surface area contributed by atoms with E-state index in [4.69, 9.17) is 5.11 Å². The van der Waals surface area contributed by atoms with Crippen LogP contribution in [0, 0.1) is 6.92 Å². The van der Waals surface area contributed by atoms with Crippen LogP contribution >= 0.6 is 0 Å². The van der Waals surface area contributed by atoms with Gasteiger partial charge in [0.05, 0.1) is 0 Å². The Morgan fingerprint density at radius 1 is 1.47 bits per heavy atom. The third kappa shape index (κ3) is 3.59. The van der Waals surface area contributed by atoms with Crippen LogP contribution in [0.4, 0.5) is 5.69 Å². The number of carbonyl (C=O) groups is 1. The van der Waals surface area contributed by atoms with Crippen LogP contribution in [-0.2, 0) is 4.79 Å². The molecular formula is C11H15NO3. The van der Waals surface area contributed by atoms with Crippen molar-refractivity contribution in [3.63, 3.8) is 0 Å². The highest BCUT2D eigenvalue weighted by Gasteiger charge is 2.03. The lowest BCUT2D eigenvalue weighted by atomic mass is 10.2. The minimum Gasteiger partial charge on any atom is -0.508 e. The first-order valence-corrected chi connectivity index (χ1v) is 4.84. The van der Waals surface area contributed by atoms with Gasteiger partial charge in [0.15, 0.2) is 0 Å². The number of amides is 1. The second-order valence-corrected chi connectivity index (χ2v) is 3.38. The van der Waals surface area contributed by atoms with Crippen molar-refractivity contribution in [2.24, 2.45) is 0 Å². The summed E-state index contributed by atoms with van der Waals surface area (Å²) < 4.78 is 0. The predicted octanol–water partition coefficient (Wildman–Crippen LogP) is 1.41. The lowest BCUT2D eigenvalue weighted by Gasteiger charge is -2.06. The van der Waals surface area contributed by atoms with Crippen molar-refractivity contribution in [1.29, 1.82) is 0 Å². The third-order valence-corrected chi connectivity index (χ3v) is 2.05. The summed E-state index contributed by atoms with van der Waals surface area (Å²) in [4.78, 5) is 11.3. The van der Waals surface area contributed by atoms with Gasteiger partial charge >= 0.3 is 0 Å². The van der Waals surface area contributed by atoms with Gasteiger partial charge in [-0.1, -0.05) is 6.07 Å². The smallest absolute Gasteiger partial charge is 0.224 e. The molecule has 1 rings (SSSR count). The number of aliphatic hydroxyl groups is 1. The first-order chi connectivity index (χ1) is 7.13. The molecule has 0 saturated carbocycles. The number of rotatable bonds is 4. The summed E-state index contributed by atoms with van der Waals surface area (Å²) in [5, 5.41) is 20.6. The highest BCUT2D eigenvalue weighted by Crippen LogP contribution is 2.20. The van der Waals surface area contributed by atoms with Crippen molar-refractivity contribution in [1.82, 2.24) is 0 Å². The van der Waals surface area contributed by atoms with Gasteiger partial charge in [-0.15, -0.1) is 0 Å². The molecule has 0 aliphatic rings. The van der Waals surface area contributed by atoms with Crippen LogP contribution in [0.25, 0.3) is 0 Å². The second-order valence-electron chi connectivity index (χ2n) is 3.38. The van der Waals surface area contributed by atoms with E-state index >= 15 is 0 Å². The van der Waals surface area contributed by atoms with Gasteiger partial charge in [0.25, 0.3) is 0 Å². The molecule has 1 amide bonds. The molecule has 0 bridgehead atoms. The maximum absolute atomic E-state index is 11.3. The van der Waals surface area contributed by atoms with E-state index in [2.05, 4.69) is 5.32 Å². The number of benzene rings is 1. The van der Waals surface area contributed by atoms with E-state index in [1.807, 2.05) is 0 Å². The van der Waals surface area contributed by atoms with Crippen LogP contribution in [0.2, 0.25) is 0 Å². The van der Waals surface area contributed by atoms with Crippen molar-refractivity contribution in [3.8, 4) is 5.75 Å². The summed E-state index contributed by atoms with van der Waals surface area (Å²) in [7, 11) is 0. The molecule has 4 nitrogen and oxygen atoms in total. The summed E-state index contributed by atoms with van der Waals surface area (Å²) in [6.07, 6.45) is 0.731. The predicted molar refractivity (Wildman–Crippen MR) is 57.8 cm³/mol. The Kier molecular flexibility index (Phi) is 4.12. The average molecular weight is 209 g/mol. The van der Waals surface area contributed by atoms with Gasteiger partial charge in [-0.3, -0.25) is 4.79 Å². The van der Waals surface area contributed by atoms with Crippen LogP contribution in [0.5, 0.6) is 5.75 Å². The van der Waals surface area contributed by atoms with E-state index in [1.165, 1.54) is 6.07 Å². The Labute approximate surface area is 88.6 Å². The SMILES string of the molecule is Cc1ccc(NC(=O)CCCO)cc1O. The first kappa shape index (κ1) is 11.5. The molecule has 0 heterocycles. The summed E-state index contributed by atoms with van der Waals surface area (Å²) >= 11 is 0. The maximum Gasteiger partial charge on any atom is 0.224 e. The fourth-order valence-electron chi connectivity index (χ4n) is 1.15. The molecule has 0 saturated heterocycles. The quantitative estimate of drug-likeness (QED) is 0.702. The Morgan fingerprint density at radius 2 is 2.20 bits per heavy atom.